The number of rotatable bonds is 2. The molecule has 0 unspecified atom stereocenters. The number of hydrogen-bond acceptors (Lipinski definition) is 5. The van der Waals surface area contributed by atoms with E-state index in [0.29, 0.717) is 11.9 Å². The summed E-state index contributed by atoms with van der Waals surface area (Å²) >= 11 is 0. The molecule has 0 bridgehead atoms. The first kappa shape index (κ1) is 12.0. The van der Waals surface area contributed by atoms with Crippen LogP contribution in [0, 0.1) is 12.8 Å². The Kier molecular flexibility index (Phi) is 3.24. The summed E-state index contributed by atoms with van der Waals surface area (Å²) in [6, 6.07) is 1.34. The van der Waals surface area contributed by atoms with Gasteiger partial charge in [0, 0.05) is 19.5 Å². The zero-order valence-electron chi connectivity index (χ0n) is 11.3. The van der Waals surface area contributed by atoms with Crippen LogP contribution in [-0.4, -0.2) is 47.8 Å². The first-order valence-corrected chi connectivity index (χ1v) is 6.99. The van der Waals surface area contributed by atoms with E-state index in [2.05, 4.69) is 27.0 Å². The average Bonchev–Trinajstić information content (AvgIpc) is 2.98. The summed E-state index contributed by atoms with van der Waals surface area (Å²) in [7, 11) is 2.21. The molecule has 0 radical (unpaired) electrons. The molecule has 3 heterocycles. The number of anilines is 1. The molecule has 0 spiro atoms. The van der Waals surface area contributed by atoms with Crippen LogP contribution in [0.4, 0.5) is 6.01 Å². The molecule has 5 heteroatoms. The van der Waals surface area contributed by atoms with Gasteiger partial charge in [-0.1, -0.05) is 5.10 Å². The predicted molar refractivity (Wildman–Crippen MR) is 69.6 cm³/mol. The van der Waals surface area contributed by atoms with E-state index >= 15 is 0 Å². The van der Waals surface area contributed by atoms with Crippen LogP contribution in [0.3, 0.4) is 0 Å². The highest BCUT2D eigenvalue weighted by Gasteiger charge is 2.35. The molecule has 3 rings (SSSR count). The van der Waals surface area contributed by atoms with Crippen LogP contribution in [0.5, 0.6) is 0 Å². The van der Waals surface area contributed by atoms with E-state index in [9.17, 15) is 0 Å². The van der Waals surface area contributed by atoms with Gasteiger partial charge in [-0.15, -0.1) is 5.10 Å². The fraction of sp³-hybridized carbons (Fsp3) is 0.846. The largest absolute Gasteiger partial charge is 0.408 e. The smallest absolute Gasteiger partial charge is 0.318 e. The van der Waals surface area contributed by atoms with Crippen molar-refractivity contribution in [1.82, 2.24) is 15.1 Å². The maximum Gasteiger partial charge on any atom is 0.318 e. The van der Waals surface area contributed by atoms with Gasteiger partial charge in [-0.25, -0.2) is 0 Å². The van der Waals surface area contributed by atoms with E-state index in [0.717, 1.165) is 18.5 Å². The first-order chi connectivity index (χ1) is 8.74. The molecule has 0 N–H and O–H groups in total. The predicted octanol–water partition coefficient (Wildman–Crippen LogP) is 1.69. The third kappa shape index (κ3) is 2.23. The number of hydrogen-bond donors (Lipinski definition) is 0. The van der Waals surface area contributed by atoms with Crippen LogP contribution in [0.25, 0.3) is 0 Å². The minimum Gasteiger partial charge on any atom is -0.408 e. The fourth-order valence-corrected chi connectivity index (χ4v) is 3.34. The number of aryl methyl sites for hydroxylation is 1. The Hall–Kier alpha value is -1.10. The third-order valence-electron chi connectivity index (χ3n) is 4.37. The lowest BCUT2D eigenvalue weighted by molar-refractivity contribution is 0.197. The van der Waals surface area contributed by atoms with Crippen molar-refractivity contribution in [1.29, 1.82) is 0 Å². The Morgan fingerprint density at radius 1 is 1.11 bits per heavy atom. The quantitative estimate of drug-likeness (QED) is 0.799. The van der Waals surface area contributed by atoms with E-state index in [4.69, 9.17) is 4.42 Å². The van der Waals surface area contributed by atoms with E-state index in [1.807, 2.05) is 6.92 Å². The van der Waals surface area contributed by atoms with Gasteiger partial charge in [0.1, 0.15) is 0 Å². The minimum absolute atomic E-state index is 0.610. The lowest BCUT2D eigenvalue weighted by Gasteiger charge is -2.36. The molecule has 2 aliphatic heterocycles. The lowest BCUT2D eigenvalue weighted by Crippen LogP contribution is -2.41. The molecule has 0 aromatic carbocycles. The second-order valence-electron chi connectivity index (χ2n) is 5.65. The maximum absolute atomic E-state index is 5.60. The van der Waals surface area contributed by atoms with Crippen molar-refractivity contribution < 1.29 is 4.42 Å². The molecular formula is C13H22N4O. The average molecular weight is 250 g/mol. The van der Waals surface area contributed by atoms with Crippen LogP contribution in [0.15, 0.2) is 4.42 Å². The monoisotopic (exact) mass is 250 g/mol. The highest BCUT2D eigenvalue weighted by Crippen LogP contribution is 2.33. The van der Waals surface area contributed by atoms with Gasteiger partial charge in [-0.2, -0.15) is 0 Å². The number of nitrogens with zero attached hydrogens (tertiary/aromatic N) is 4. The van der Waals surface area contributed by atoms with Gasteiger partial charge >= 0.3 is 6.01 Å². The summed E-state index contributed by atoms with van der Waals surface area (Å²) in [5.41, 5.74) is 0. The Morgan fingerprint density at radius 2 is 1.89 bits per heavy atom. The summed E-state index contributed by atoms with van der Waals surface area (Å²) in [4.78, 5) is 4.77. The topological polar surface area (TPSA) is 45.4 Å². The minimum atomic E-state index is 0.610. The molecule has 1 aromatic rings. The maximum atomic E-state index is 5.60. The Balaban J connectivity index is 1.71. The molecule has 5 nitrogen and oxygen atoms in total. The molecule has 0 amide bonds. The van der Waals surface area contributed by atoms with Gasteiger partial charge in [-0.3, -0.25) is 0 Å². The zero-order chi connectivity index (χ0) is 12.5. The van der Waals surface area contributed by atoms with Crippen molar-refractivity contribution in [2.45, 2.75) is 38.6 Å². The summed E-state index contributed by atoms with van der Waals surface area (Å²) in [6.45, 7) is 5.37. The molecule has 1 atom stereocenters. The van der Waals surface area contributed by atoms with Gasteiger partial charge < -0.3 is 14.2 Å². The van der Waals surface area contributed by atoms with Gasteiger partial charge in [0.2, 0.25) is 5.89 Å². The van der Waals surface area contributed by atoms with Crippen LogP contribution < -0.4 is 4.90 Å². The zero-order valence-corrected chi connectivity index (χ0v) is 11.3. The number of aromatic nitrogens is 2. The summed E-state index contributed by atoms with van der Waals surface area (Å²) in [5.74, 6) is 1.45. The second kappa shape index (κ2) is 4.88. The van der Waals surface area contributed by atoms with Crippen LogP contribution in [-0.2, 0) is 0 Å². The van der Waals surface area contributed by atoms with Crippen molar-refractivity contribution >= 4 is 6.01 Å². The third-order valence-corrected chi connectivity index (χ3v) is 4.37. The van der Waals surface area contributed by atoms with Crippen molar-refractivity contribution in [3.05, 3.63) is 5.89 Å². The first-order valence-electron chi connectivity index (χ1n) is 6.99. The molecule has 100 valence electrons. The van der Waals surface area contributed by atoms with Gasteiger partial charge in [0.05, 0.1) is 0 Å². The highest BCUT2D eigenvalue weighted by atomic mass is 16.4. The van der Waals surface area contributed by atoms with E-state index in [-0.39, 0.29) is 0 Å². The Morgan fingerprint density at radius 3 is 2.56 bits per heavy atom. The molecule has 2 aliphatic rings. The van der Waals surface area contributed by atoms with Crippen molar-refractivity contribution in [2.24, 2.45) is 5.92 Å². The molecular weight excluding hydrogens is 228 g/mol. The van der Waals surface area contributed by atoms with Crippen molar-refractivity contribution in [3.8, 4) is 0 Å². The standard InChI is InChI=1S/C13H22N4O/c1-10-14-15-13(18-10)17-7-3-4-12(17)11-5-8-16(2)9-6-11/h11-12H,3-9H2,1-2H3/t12-/m0/s1. The van der Waals surface area contributed by atoms with E-state index < -0.39 is 0 Å². The van der Waals surface area contributed by atoms with Crippen LogP contribution in [0.2, 0.25) is 0 Å². The van der Waals surface area contributed by atoms with Crippen molar-refractivity contribution in [2.75, 3.05) is 31.6 Å². The molecule has 1 aromatic heterocycles. The van der Waals surface area contributed by atoms with Crippen molar-refractivity contribution in [3.63, 3.8) is 0 Å². The Bertz CT molecular complexity index is 397. The molecule has 0 aliphatic carbocycles. The molecule has 18 heavy (non-hydrogen) atoms. The van der Waals surface area contributed by atoms with E-state index in [1.54, 1.807) is 0 Å². The van der Waals surface area contributed by atoms with Gasteiger partial charge in [-0.05, 0) is 51.7 Å². The van der Waals surface area contributed by atoms with Gasteiger partial charge in [0.15, 0.2) is 0 Å². The van der Waals surface area contributed by atoms with Gasteiger partial charge in [0.25, 0.3) is 0 Å². The molecule has 0 saturated carbocycles. The SMILES string of the molecule is Cc1nnc(N2CCC[C@H]2C2CCN(C)CC2)o1. The molecule has 2 fully saturated rings. The summed E-state index contributed by atoms with van der Waals surface area (Å²) < 4.78 is 5.60. The normalized spacial score (nSPS) is 27.0. The van der Waals surface area contributed by atoms with Crippen LogP contribution in [0.1, 0.15) is 31.6 Å². The second-order valence-corrected chi connectivity index (χ2v) is 5.65. The number of likely N-dealkylation sites (tertiary alicyclic amines) is 1. The highest BCUT2D eigenvalue weighted by molar-refractivity contribution is 5.29. The summed E-state index contributed by atoms with van der Waals surface area (Å²) in [5, 5.41) is 8.14. The fourth-order valence-electron chi connectivity index (χ4n) is 3.34. The Labute approximate surface area is 108 Å². The van der Waals surface area contributed by atoms with Crippen LogP contribution >= 0.6 is 0 Å². The van der Waals surface area contributed by atoms with E-state index in [1.165, 1.54) is 38.8 Å². The lowest BCUT2D eigenvalue weighted by atomic mass is 9.88. The summed E-state index contributed by atoms with van der Waals surface area (Å²) in [6.07, 6.45) is 5.11. The number of piperidine rings is 1. The molecule has 2 saturated heterocycles.